The summed E-state index contributed by atoms with van der Waals surface area (Å²) >= 11 is 0. The first-order valence-corrected chi connectivity index (χ1v) is 19.5. The lowest BCUT2D eigenvalue weighted by Gasteiger charge is -2.52. The summed E-state index contributed by atoms with van der Waals surface area (Å²) in [5.74, 6) is 8.09. The third-order valence-electron chi connectivity index (χ3n) is 17.4. The lowest BCUT2D eigenvalue weighted by atomic mass is 9.52. The Kier molecular flexibility index (Phi) is 5.62. The van der Waals surface area contributed by atoms with Crippen LogP contribution in [0.5, 0.6) is 0 Å². The van der Waals surface area contributed by atoms with E-state index in [9.17, 15) is 0 Å². The molecule has 0 aliphatic heterocycles. The van der Waals surface area contributed by atoms with Gasteiger partial charge in [0.2, 0.25) is 0 Å². The average molecular weight is 578 g/mol. The van der Waals surface area contributed by atoms with Crippen molar-refractivity contribution in [1.29, 1.82) is 0 Å². The first kappa shape index (κ1) is 26.9. The smallest absolute Gasteiger partial charge is 0.0287 e. The lowest BCUT2D eigenvalue weighted by Crippen LogP contribution is -2.49. The molecule has 1 spiro atoms. The molecule has 0 heterocycles. The maximum Gasteiger partial charge on any atom is 0.0287 e. The van der Waals surface area contributed by atoms with Gasteiger partial charge in [0.15, 0.2) is 0 Å². The number of fused-ring (bicyclic) bond motifs is 9. The van der Waals surface area contributed by atoms with Gasteiger partial charge in [0.25, 0.3) is 0 Å². The normalized spacial score (nSPS) is 55.0. The monoisotopic (exact) mass is 577 g/mol. The highest BCUT2D eigenvalue weighted by molar-refractivity contribution is 5.46. The molecule has 1 N–H and O–H groups in total. The zero-order valence-electron chi connectivity index (χ0n) is 27.7. The van der Waals surface area contributed by atoms with Crippen molar-refractivity contribution in [3.8, 4) is 0 Å². The van der Waals surface area contributed by atoms with Gasteiger partial charge in [-0.2, -0.15) is 0 Å². The molecule has 43 heavy (non-hydrogen) atoms. The van der Waals surface area contributed by atoms with Gasteiger partial charge in [-0.05, 0) is 166 Å². The van der Waals surface area contributed by atoms with E-state index in [4.69, 9.17) is 0 Å². The molecule has 0 amide bonds. The molecule has 1 nitrogen and oxygen atoms in total. The number of nitrogens with one attached hydrogen (secondary N) is 1. The highest BCUT2D eigenvalue weighted by atomic mass is 15.0. The number of rotatable bonds is 2. The fourth-order valence-corrected chi connectivity index (χ4v) is 16.6. The summed E-state index contributed by atoms with van der Waals surface area (Å²) in [6, 6.07) is 0.673. The van der Waals surface area contributed by atoms with E-state index in [0.29, 0.717) is 27.7 Å². The fraction of sp³-hybridized carbons (Fsp3) is 0.810. The second kappa shape index (κ2) is 8.97. The zero-order chi connectivity index (χ0) is 28.8. The Morgan fingerprint density at radius 2 is 1.60 bits per heavy atom. The van der Waals surface area contributed by atoms with Crippen LogP contribution in [0.25, 0.3) is 0 Å². The summed E-state index contributed by atoms with van der Waals surface area (Å²) in [5.41, 5.74) is 7.64. The summed E-state index contributed by atoms with van der Waals surface area (Å²) in [6.07, 6.45) is 38.5. The standard InChI is InChI=1S/C42H59N/c1-26-37(21-20-31-30-14-4-7-15-32(30)39(2,3)38(26)31)43-27-22-23-40-25-41(40,24-27)42(36-19-11-10-18-35(36)40)33-16-8-5-12-28(33)29-13-6-9-17-34(29)42/h5,9,12,17,24,26,28-29,31,33-38,43H,4,6-8,10-11,13-16,18-23,25H2,1-3H3/t26-,28?,29?,31?,33?,34?,35?,36?,37?,38?,40?,41?,42?/m0/s1. The summed E-state index contributed by atoms with van der Waals surface area (Å²) in [6.45, 7) is 7.94. The van der Waals surface area contributed by atoms with Gasteiger partial charge in [0, 0.05) is 17.2 Å². The van der Waals surface area contributed by atoms with Gasteiger partial charge in [-0.25, -0.2) is 0 Å². The van der Waals surface area contributed by atoms with E-state index in [1.54, 1.807) is 25.0 Å². The maximum atomic E-state index is 4.44. The molecular weight excluding hydrogens is 518 g/mol. The molecule has 13 atom stereocenters. The van der Waals surface area contributed by atoms with Crippen LogP contribution in [0.4, 0.5) is 0 Å². The van der Waals surface area contributed by atoms with Crippen molar-refractivity contribution in [3.63, 3.8) is 0 Å². The summed E-state index contributed by atoms with van der Waals surface area (Å²) in [7, 11) is 0. The molecule has 0 saturated heterocycles. The van der Waals surface area contributed by atoms with E-state index in [1.165, 1.54) is 89.9 Å². The topological polar surface area (TPSA) is 12.0 Å². The SMILES string of the molecule is C[C@H]1C(NC2=CC34CC3(CC2)C2CCCCC2C42C3C=CCCC3C3C=CCCC32)CCC2C3=C(CCCC3)C(C)(C)C21. The molecule has 5 fully saturated rings. The molecule has 0 bridgehead atoms. The van der Waals surface area contributed by atoms with Crippen LogP contribution in [-0.4, -0.2) is 6.04 Å². The summed E-state index contributed by atoms with van der Waals surface area (Å²) in [5, 5.41) is 4.44. The first-order valence-electron chi connectivity index (χ1n) is 19.5. The summed E-state index contributed by atoms with van der Waals surface area (Å²) < 4.78 is 0. The van der Waals surface area contributed by atoms with E-state index in [2.05, 4.69) is 56.5 Å². The predicted octanol–water partition coefficient (Wildman–Crippen LogP) is 10.6. The van der Waals surface area contributed by atoms with Crippen LogP contribution >= 0.6 is 0 Å². The number of allylic oxidation sites excluding steroid dienone is 8. The van der Waals surface area contributed by atoms with Crippen molar-refractivity contribution in [2.75, 3.05) is 0 Å². The molecule has 0 aromatic rings. The van der Waals surface area contributed by atoms with Gasteiger partial charge in [-0.15, -0.1) is 0 Å². The number of hydrogen-bond acceptors (Lipinski definition) is 1. The Balaban J connectivity index is 1.02. The van der Waals surface area contributed by atoms with Gasteiger partial charge < -0.3 is 5.32 Å². The van der Waals surface area contributed by atoms with E-state index in [1.807, 2.05) is 11.1 Å². The second-order valence-corrected chi connectivity index (χ2v) is 18.5. The third-order valence-corrected chi connectivity index (χ3v) is 17.4. The highest BCUT2D eigenvalue weighted by Crippen LogP contribution is 2.94. The van der Waals surface area contributed by atoms with Crippen LogP contribution in [0, 0.1) is 74.9 Å². The minimum Gasteiger partial charge on any atom is -0.386 e. The van der Waals surface area contributed by atoms with Gasteiger partial charge in [-0.1, -0.05) is 75.1 Å². The second-order valence-electron chi connectivity index (χ2n) is 18.5. The van der Waals surface area contributed by atoms with Crippen LogP contribution in [-0.2, 0) is 0 Å². The Morgan fingerprint density at radius 1 is 0.791 bits per heavy atom. The predicted molar refractivity (Wildman–Crippen MR) is 177 cm³/mol. The Hall–Kier alpha value is -1.24. The molecule has 0 aromatic heterocycles. The van der Waals surface area contributed by atoms with Crippen molar-refractivity contribution in [2.24, 2.45) is 74.9 Å². The average Bonchev–Trinajstić information content (AvgIpc) is 3.47. The van der Waals surface area contributed by atoms with Crippen molar-refractivity contribution >= 4 is 0 Å². The Bertz CT molecular complexity index is 1330. The third kappa shape index (κ3) is 3.09. The minimum absolute atomic E-state index is 0.409. The van der Waals surface area contributed by atoms with Crippen LogP contribution in [0.1, 0.15) is 130 Å². The molecule has 232 valence electrons. The van der Waals surface area contributed by atoms with Crippen LogP contribution in [0.15, 0.2) is 47.2 Å². The van der Waals surface area contributed by atoms with Crippen LogP contribution in [0.3, 0.4) is 0 Å². The zero-order valence-corrected chi connectivity index (χ0v) is 27.7. The Labute approximate surface area is 262 Å². The highest BCUT2D eigenvalue weighted by Gasteiger charge is 2.89. The molecule has 0 aromatic carbocycles. The molecule has 10 aliphatic carbocycles. The van der Waals surface area contributed by atoms with Gasteiger partial charge >= 0.3 is 0 Å². The van der Waals surface area contributed by atoms with Crippen molar-refractivity contribution in [1.82, 2.24) is 5.32 Å². The van der Waals surface area contributed by atoms with E-state index in [0.717, 1.165) is 53.3 Å². The van der Waals surface area contributed by atoms with Crippen molar-refractivity contribution in [2.45, 2.75) is 136 Å². The van der Waals surface area contributed by atoms with Crippen LogP contribution < -0.4 is 5.32 Å². The van der Waals surface area contributed by atoms with Crippen molar-refractivity contribution in [3.05, 3.63) is 47.2 Å². The maximum absolute atomic E-state index is 4.44. The van der Waals surface area contributed by atoms with Crippen LogP contribution in [0.2, 0.25) is 0 Å². The molecule has 10 rings (SSSR count). The molecule has 1 heteroatoms. The number of hydrogen-bond donors (Lipinski definition) is 1. The van der Waals surface area contributed by atoms with E-state index in [-0.39, 0.29) is 0 Å². The molecular formula is C42H59N. The first-order chi connectivity index (χ1) is 20.9. The lowest BCUT2D eigenvalue weighted by molar-refractivity contribution is -0.0152. The minimum atomic E-state index is 0.409. The summed E-state index contributed by atoms with van der Waals surface area (Å²) in [4.78, 5) is 0. The van der Waals surface area contributed by atoms with E-state index < -0.39 is 0 Å². The molecule has 0 radical (unpaired) electrons. The van der Waals surface area contributed by atoms with E-state index >= 15 is 0 Å². The van der Waals surface area contributed by atoms with Gasteiger partial charge in [0.1, 0.15) is 0 Å². The molecule has 12 unspecified atom stereocenters. The quantitative estimate of drug-likeness (QED) is 0.322. The van der Waals surface area contributed by atoms with Gasteiger partial charge in [0.05, 0.1) is 0 Å². The molecule has 10 aliphatic rings. The largest absolute Gasteiger partial charge is 0.386 e. The molecule has 5 saturated carbocycles. The Morgan fingerprint density at radius 3 is 2.51 bits per heavy atom. The van der Waals surface area contributed by atoms with Gasteiger partial charge in [-0.3, -0.25) is 0 Å². The fourth-order valence-electron chi connectivity index (χ4n) is 16.6. The van der Waals surface area contributed by atoms with Crippen molar-refractivity contribution < 1.29 is 0 Å².